The van der Waals surface area contributed by atoms with Crippen LogP contribution in [0.25, 0.3) is 10.6 Å². The van der Waals surface area contributed by atoms with E-state index in [2.05, 4.69) is 10.1 Å². The van der Waals surface area contributed by atoms with Gasteiger partial charge in [-0.05, 0) is 49.9 Å². The van der Waals surface area contributed by atoms with Gasteiger partial charge in [0, 0.05) is 12.1 Å². The van der Waals surface area contributed by atoms with E-state index >= 15 is 0 Å². The average Bonchev–Trinajstić information content (AvgIpc) is 3.26. The summed E-state index contributed by atoms with van der Waals surface area (Å²) in [4.78, 5) is 31.9. The van der Waals surface area contributed by atoms with Crippen LogP contribution in [0.2, 0.25) is 0 Å². The molecular weight excluding hydrogens is 466 g/mol. The summed E-state index contributed by atoms with van der Waals surface area (Å²) in [6.45, 7) is 2.48. The Morgan fingerprint density at radius 3 is 2.54 bits per heavy atom. The summed E-state index contributed by atoms with van der Waals surface area (Å²) >= 11 is 1.32. The van der Waals surface area contributed by atoms with Crippen LogP contribution in [0.4, 0.5) is 0 Å². The van der Waals surface area contributed by atoms with Crippen LogP contribution in [-0.4, -0.2) is 33.5 Å². The number of amides is 2. The van der Waals surface area contributed by atoms with Gasteiger partial charge < -0.3 is 14.0 Å². The molecule has 0 saturated heterocycles. The number of hydrogen-bond acceptors (Lipinski definition) is 8. The molecule has 0 N–H and O–H groups in total. The largest absolute Gasteiger partial charge is 0.493 e. The van der Waals surface area contributed by atoms with Crippen molar-refractivity contribution in [1.82, 2.24) is 15.0 Å². The van der Waals surface area contributed by atoms with E-state index in [1.807, 2.05) is 24.3 Å². The van der Waals surface area contributed by atoms with Crippen molar-refractivity contribution in [2.45, 2.75) is 25.8 Å². The predicted octanol–water partition coefficient (Wildman–Crippen LogP) is 5.74. The fraction of sp³-hybridized carbons (Fsp3) is 0.231. The van der Waals surface area contributed by atoms with Crippen LogP contribution in [0.5, 0.6) is 16.7 Å². The highest BCUT2D eigenvalue weighted by atomic mass is 32.1. The van der Waals surface area contributed by atoms with Gasteiger partial charge in [0.2, 0.25) is 0 Å². The molecule has 1 atom stereocenters. The van der Waals surface area contributed by atoms with E-state index in [1.165, 1.54) is 29.1 Å². The topological polar surface area (TPSA) is 94.8 Å². The van der Waals surface area contributed by atoms with Crippen molar-refractivity contribution in [2.75, 3.05) is 6.61 Å². The molecule has 2 aromatic heterocycles. The van der Waals surface area contributed by atoms with E-state index in [4.69, 9.17) is 14.0 Å². The standard InChI is InChI=1S/C26H21N3O5S/c1-15(29-24(30)19-7-2-3-8-20(19)25(29)31)22-12-21(28-34-22)23-13-27-26(35-23)33-18-6-4-5-17(11-18)32-14-16-9-10-16/h2-8,11-13,15-16H,9-10,14H2,1H3. The normalized spacial score (nSPS) is 15.9. The monoisotopic (exact) mass is 487 g/mol. The molecule has 35 heavy (non-hydrogen) atoms. The third-order valence-corrected chi connectivity index (χ3v) is 6.98. The SMILES string of the molecule is CC(c1cc(-c2cnc(Oc3cccc(OCC4CC4)c3)s2)no1)N1C(=O)c2ccccc2C1=O. The zero-order chi connectivity index (χ0) is 23.9. The lowest BCUT2D eigenvalue weighted by atomic mass is 10.1. The molecule has 1 saturated carbocycles. The maximum Gasteiger partial charge on any atom is 0.279 e. The number of benzene rings is 2. The molecule has 8 nitrogen and oxygen atoms in total. The number of imide groups is 1. The molecule has 0 bridgehead atoms. The molecule has 6 rings (SSSR count). The van der Waals surface area contributed by atoms with Crippen molar-refractivity contribution in [3.8, 4) is 27.3 Å². The Labute approximate surface area is 205 Å². The van der Waals surface area contributed by atoms with Crippen LogP contribution in [-0.2, 0) is 0 Å². The van der Waals surface area contributed by atoms with Crippen molar-refractivity contribution in [2.24, 2.45) is 5.92 Å². The van der Waals surface area contributed by atoms with Gasteiger partial charge in [0.1, 0.15) is 17.2 Å². The number of carbonyl (C=O) groups is 2. The second-order valence-electron chi connectivity index (χ2n) is 8.64. The van der Waals surface area contributed by atoms with E-state index in [9.17, 15) is 9.59 Å². The summed E-state index contributed by atoms with van der Waals surface area (Å²) in [7, 11) is 0. The van der Waals surface area contributed by atoms with E-state index in [1.54, 1.807) is 43.5 Å². The molecular formula is C26H21N3O5S. The first-order chi connectivity index (χ1) is 17.1. The minimum absolute atomic E-state index is 0.340. The number of rotatable bonds is 8. The summed E-state index contributed by atoms with van der Waals surface area (Å²) in [6, 6.07) is 15.4. The highest BCUT2D eigenvalue weighted by Crippen LogP contribution is 2.37. The van der Waals surface area contributed by atoms with Gasteiger partial charge in [-0.15, -0.1) is 0 Å². The zero-order valence-electron chi connectivity index (χ0n) is 18.8. The lowest BCUT2D eigenvalue weighted by Crippen LogP contribution is -2.32. The van der Waals surface area contributed by atoms with Crippen LogP contribution in [0.3, 0.4) is 0 Å². The van der Waals surface area contributed by atoms with Crippen LogP contribution < -0.4 is 9.47 Å². The molecule has 2 aromatic carbocycles. The summed E-state index contributed by atoms with van der Waals surface area (Å²) in [5.41, 5.74) is 1.35. The molecule has 2 aliphatic rings. The maximum atomic E-state index is 12.8. The van der Waals surface area contributed by atoms with Gasteiger partial charge in [-0.2, -0.15) is 0 Å². The average molecular weight is 488 g/mol. The fourth-order valence-electron chi connectivity index (χ4n) is 3.94. The molecule has 3 heterocycles. The van der Waals surface area contributed by atoms with Crippen molar-refractivity contribution < 1.29 is 23.6 Å². The fourth-order valence-corrected chi connectivity index (χ4v) is 4.68. The second-order valence-corrected chi connectivity index (χ2v) is 9.63. The minimum atomic E-state index is -0.606. The van der Waals surface area contributed by atoms with Crippen LogP contribution in [0.1, 0.15) is 52.3 Å². The Bertz CT molecular complexity index is 1390. The van der Waals surface area contributed by atoms with Crippen LogP contribution in [0.15, 0.2) is 65.3 Å². The first-order valence-electron chi connectivity index (χ1n) is 11.4. The highest BCUT2D eigenvalue weighted by molar-refractivity contribution is 7.16. The van der Waals surface area contributed by atoms with Gasteiger partial charge in [-0.3, -0.25) is 14.5 Å². The number of carbonyl (C=O) groups excluding carboxylic acids is 2. The van der Waals surface area contributed by atoms with Crippen molar-refractivity contribution >= 4 is 23.2 Å². The van der Waals surface area contributed by atoms with Gasteiger partial charge in [0.25, 0.3) is 17.0 Å². The number of nitrogens with zero attached hydrogens (tertiary/aromatic N) is 3. The summed E-state index contributed by atoms with van der Waals surface area (Å²) in [5, 5.41) is 4.59. The third kappa shape index (κ3) is 4.19. The van der Waals surface area contributed by atoms with Gasteiger partial charge in [-0.1, -0.05) is 34.7 Å². The lowest BCUT2D eigenvalue weighted by molar-refractivity contribution is 0.0573. The summed E-state index contributed by atoms with van der Waals surface area (Å²) in [6.07, 6.45) is 4.12. The number of fused-ring (bicyclic) bond motifs is 1. The van der Waals surface area contributed by atoms with Gasteiger partial charge in [0.05, 0.1) is 34.8 Å². The van der Waals surface area contributed by atoms with E-state index < -0.39 is 6.04 Å². The van der Waals surface area contributed by atoms with E-state index in [0.717, 1.165) is 17.2 Å². The molecule has 1 aliphatic carbocycles. The molecule has 0 spiro atoms. The van der Waals surface area contributed by atoms with Crippen molar-refractivity contribution in [1.29, 1.82) is 0 Å². The molecule has 176 valence electrons. The Balaban J connectivity index is 1.15. The van der Waals surface area contributed by atoms with E-state index in [0.29, 0.717) is 39.4 Å². The molecule has 4 aromatic rings. The quantitative estimate of drug-likeness (QED) is 0.293. The maximum absolute atomic E-state index is 12.8. The third-order valence-electron chi connectivity index (χ3n) is 6.08. The van der Waals surface area contributed by atoms with Gasteiger partial charge in [0.15, 0.2) is 5.76 Å². The molecule has 2 amide bonds. The van der Waals surface area contributed by atoms with E-state index in [-0.39, 0.29) is 11.8 Å². The molecule has 0 radical (unpaired) electrons. The lowest BCUT2D eigenvalue weighted by Gasteiger charge is -2.19. The van der Waals surface area contributed by atoms with Crippen LogP contribution in [0, 0.1) is 5.92 Å². The minimum Gasteiger partial charge on any atom is -0.493 e. The second kappa shape index (κ2) is 8.66. The number of ether oxygens (including phenoxy) is 2. The molecule has 1 aliphatic heterocycles. The van der Waals surface area contributed by atoms with Gasteiger partial charge in [-0.25, -0.2) is 4.98 Å². The number of aromatic nitrogens is 2. The Kier molecular flexibility index (Phi) is 5.33. The Morgan fingerprint density at radius 2 is 1.80 bits per heavy atom. The smallest absolute Gasteiger partial charge is 0.279 e. The van der Waals surface area contributed by atoms with Gasteiger partial charge >= 0.3 is 0 Å². The first kappa shape index (κ1) is 21.5. The molecule has 1 unspecified atom stereocenters. The molecule has 9 heteroatoms. The summed E-state index contributed by atoms with van der Waals surface area (Å²) < 4.78 is 17.2. The van der Waals surface area contributed by atoms with Crippen molar-refractivity contribution in [3.63, 3.8) is 0 Å². The predicted molar refractivity (Wildman–Crippen MR) is 128 cm³/mol. The van der Waals surface area contributed by atoms with Crippen molar-refractivity contribution in [3.05, 3.63) is 77.7 Å². The molecule has 1 fully saturated rings. The number of hydrogen-bond donors (Lipinski definition) is 0. The van der Waals surface area contributed by atoms with Crippen LogP contribution >= 0.6 is 11.3 Å². The Hall–Kier alpha value is -3.98. The zero-order valence-corrected chi connectivity index (χ0v) is 19.7. The summed E-state index contributed by atoms with van der Waals surface area (Å²) in [5.74, 6) is 1.81. The Morgan fingerprint density at radius 1 is 1.06 bits per heavy atom. The highest BCUT2D eigenvalue weighted by Gasteiger charge is 2.40. The number of thiazole rings is 1. The first-order valence-corrected chi connectivity index (χ1v) is 12.2.